The maximum Gasteiger partial charge on any atom is 0.316 e. The molecule has 1 aliphatic rings. The van der Waals surface area contributed by atoms with Crippen LogP contribution in [-0.4, -0.2) is 52.0 Å². The van der Waals surface area contributed by atoms with Gasteiger partial charge < -0.3 is 29.9 Å². The molecule has 0 atom stereocenters. The first kappa shape index (κ1) is 25.4. The topological polar surface area (TPSA) is 164 Å². The Labute approximate surface area is 213 Å². The molecule has 192 valence electrons. The molecule has 0 radical (unpaired) electrons. The Bertz CT molecular complexity index is 1310. The van der Waals surface area contributed by atoms with Gasteiger partial charge in [0.05, 0.1) is 12.3 Å². The molecule has 0 saturated heterocycles. The van der Waals surface area contributed by atoms with Crippen molar-refractivity contribution in [3.63, 3.8) is 0 Å². The number of nitrogens with one attached hydrogen (secondary N) is 4. The Hall–Kier alpha value is -4.74. The summed E-state index contributed by atoms with van der Waals surface area (Å²) in [6, 6.07) is 8.22. The van der Waals surface area contributed by atoms with E-state index in [9.17, 15) is 9.59 Å². The molecule has 37 heavy (non-hydrogen) atoms. The molecule has 1 fully saturated rings. The van der Waals surface area contributed by atoms with Crippen molar-refractivity contribution >= 4 is 17.6 Å². The molecule has 0 spiro atoms. The molecule has 0 unspecified atom stereocenters. The van der Waals surface area contributed by atoms with Crippen LogP contribution >= 0.6 is 0 Å². The summed E-state index contributed by atoms with van der Waals surface area (Å²) in [6.07, 6.45) is 6.19. The van der Waals surface area contributed by atoms with Crippen molar-refractivity contribution in [3.05, 3.63) is 60.3 Å². The van der Waals surface area contributed by atoms with Crippen molar-refractivity contribution in [1.82, 2.24) is 31.1 Å². The van der Waals surface area contributed by atoms with Gasteiger partial charge >= 0.3 is 11.8 Å². The highest BCUT2D eigenvalue weighted by Gasteiger charge is 2.26. The standard InChI is InChI=1S/C25H27N7O5/c1-14(2)35-18-10-15(23(33)30-21(26)8-9-27-3)11-19(12-18)36-17-6-7-20(28-13-17)22-31-25(37-32-22)24(34)29-16-4-5-16/h6-14,16,27H,4-5H2,1-3H3,(H,29,34)(H2,26,30,33)/b9-8-. The van der Waals surface area contributed by atoms with Gasteiger partial charge in [-0.25, -0.2) is 4.98 Å². The number of pyridine rings is 1. The molecule has 0 aliphatic heterocycles. The lowest BCUT2D eigenvalue weighted by Crippen LogP contribution is -2.28. The van der Waals surface area contributed by atoms with E-state index in [2.05, 4.69) is 31.1 Å². The number of hydrogen-bond acceptors (Lipinski definition) is 10. The van der Waals surface area contributed by atoms with E-state index in [4.69, 9.17) is 19.4 Å². The Morgan fingerprint density at radius 1 is 1.14 bits per heavy atom. The summed E-state index contributed by atoms with van der Waals surface area (Å²) >= 11 is 0. The number of carbonyl (C=O) groups is 2. The zero-order chi connectivity index (χ0) is 26.4. The van der Waals surface area contributed by atoms with Gasteiger partial charge in [0.15, 0.2) is 0 Å². The average Bonchev–Trinajstić information content (AvgIpc) is 3.53. The highest BCUT2D eigenvalue weighted by atomic mass is 16.5. The van der Waals surface area contributed by atoms with E-state index in [1.165, 1.54) is 24.5 Å². The van der Waals surface area contributed by atoms with Crippen LogP contribution in [0, 0.1) is 5.41 Å². The third-order valence-corrected chi connectivity index (χ3v) is 4.91. The Morgan fingerprint density at radius 3 is 2.59 bits per heavy atom. The van der Waals surface area contributed by atoms with Crippen LogP contribution in [0.15, 0.2) is 53.3 Å². The Morgan fingerprint density at radius 2 is 1.92 bits per heavy atom. The fourth-order valence-corrected chi connectivity index (χ4v) is 3.11. The number of hydrogen-bond donors (Lipinski definition) is 4. The van der Waals surface area contributed by atoms with Crippen LogP contribution in [0.5, 0.6) is 17.2 Å². The van der Waals surface area contributed by atoms with Crippen LogP contribution in [0.2, 0.25) is 0 Å². The number of aromatic nitrogens is 3. The zero-order valence-electron chi connectivity index (χ0n) is 20.6. The van der Waals surface area contributed by atoms with E-state index in [0.717, 1.165) is 12.8 Å². The molecule has 4 rings (SSSR count). The molecular formula is C25H27N7O5. The molecule has 1 saturated carbocycles. The lowest BCUT2D eigenvalue weighted by Gasteiger charge is -2.14. The summed E-state index contributed by atoms with van der Waals surface area (Å²) in [6.45, 7) is 3.74. The third-order valence-electron chi connectivity index (χ3n) is 4.91. The largest absolute Gasteiger partial charge is 0.491 e. The van der Waals surface area contributed by atoms with E-state index in [1.807, 2.05) is 13.8 Å². The molecule has 12 nitrogen and oxygen atoms in total. The number of amidine groups is 1. The lowest BCUT2D eigenvalue weighted by atomic mass is 10.2. The van der Waals surface area contributed by atoms with Crippen molar-refractivity contribution in [1.29, 1.82) is 5.41 Å². The van der Waals surface area contributed by atoms with Gasteiger partial charge in [-0.05, 0) is 63.2 Å². The lowest BCUT2D eigenvalue weighted by molar-refractivity contribution is 0.0906. The quantitative estimate of drug-likeness (QED) is 0.239. The first-order chi connectivity index (χ1) is 17.8. The van der Waals surface area contributed by atoms with Gasteiger partial charge in [-0.2, -0.15) is 4.98 Å². The van der Waals surface area contributed by atoms with Crippen LogP contribution in [0.1, 0.15) is 47.7 Å². The molecule has 0 bridgehead atoms. The summed E-state index contributed by atoms with van der Waals surface area (Å²) in [5.74, 6) is 0.245. The second kappa shape index (κ2) is 11.3. The second-order valence-corrected chi connectivity index (χ2v) is 8.50. The van der Waals surface area contributed by atoms with Crippen molar-refractivity contribution in [2.75, 3.05) is 7.05 Å². The van der Waals surface area contributed by atoms with E-state index in [-0.39, 0.29) is 35.3 Å². The van der Waals surface area contributed by atoms with E-state index >= 15 is 0 Å². The molecule has 1 aromatic carbocycles. The Balaban J connectivity index is 1.48. The number of nitrogens with zero attached hydrogens (tertiary/aromatic N) is 3. The van der Waals surface area contributed by atoms with Crippen LogP contribution in [0.25, 0.3) is 11.5 Å². The molecule has 3 aromatic rings. The molecule has 1 aliphatic carbocycles. The van der Waals surface area contributed by atoms with Gasteiger partial charge in [0.25, 0.3) is 5.91 Å². The number of rotatable bonds is 10. The number of amides is 2. The van der Waals surface area contributed by atoms with E-state index in [1.54, 1.807) is 31.3 Å². The van der Waals surface area contributed by atoms with Crippen LogP contribution in [0.4, 0.5) is 0 Å². The monoisotopic (exact) mass is 505 g/mol. The summed E-state index contributed by atoms with van der Waals surface area (Å²) in [5.41, 5.74) is 0.649. The molecular weight excluding hydrogens is 478 g/mol. The van der Waals surface area contributed by atoms with E-state index in [0.29, 0.717) is 22.9 Å². The normalized spacial score (nSPS) is 12.9. The maximum absolute atomic E-state index is 12.7. The highest BCUT2D eigenvalue weighted by molar-refractivity contribution is 6.09. The SMILES string of the molecule is CN/C=C\C(=N)NC(=O)c1cc(Oc2ccc(-c3noc(C(=O)NC4CC4)n3)nc2)cc(OC(C)C)c1. The second-order valence-electron chi connectivity index (χ2n) is 8.50. The van der Waals surface area contributed by atoms with Crippen LogP contribution in [-0.2, 0) is 0 Å². The van der Waals surface area contributed by atoms with Crippen LogP contribution in [0.3, 0.4) is 0 Å². The fourth-order valence-electron chi connectivity index (χ4n) is 3.11. The van der Waals surface area contributed by atoms with Gasteiger partial charge in [-0.1, -0.05) is 5.16 Å². The maximum atomic E-state index is 12.7. The first-order valence-corrected chi connectivity index (χ1v) is 11.6. The van der Waals surface area contributed by atoms with Crippen molar-refractivity contribution in [2.45, 2.75) is 38.8 Å². The average molecular weight is 506 g/mol. The number of carbonyl (C=O) groups excluding carboxylic acids is 2. The molecule has 2 aromatic heterocycles. The zero-order valence-corrected chi connectivity index (χ0v) is 20.6. The summed E-state index contributed by atoms with van der Waals surface area (Å²) in [4.78, 5) is 33.2. The number of ether oxygens (including phenoxy) is 2. The molecule has 2 amide bonds. The van der Waals surface area contributed by atoms with Crippen molar-refractivity contribution < 1.29 is 23.6 Å². The molecule has 12 heteroatoms. The van der Waals surface area contributed by atoms with Crippen molar-refractivity contribution in [3.8, 4) is 28.8 Å². The first-order valence-electron chi connectivity index (χ1n) is 11.6. The smallest absolute Gasteiger partial charge is 0.316 e. The minimum absolute atomic E-state index is 0.0774. The van der Waals surface area contributed by atoms with Gasteiger partial charge in [0.1, 0.15) is 28.8 Å². The predicted octanol–water partition coefficient (Wildman–Crippen LogP) is 3.04. The number of benzene rings is 1. The van der Waals surface area contributed by atoms with Gasteiger partial charge in [0.2, 0.25) is 5.82 Å². The molecule has 2 heterocycles. The van der Waals surface area contributed by atoms with Gasteiger partial charge in [0, 0.05) is 24.7 Å². The molecule has 4 N–H and O–H groups in total. The highest BCUT2D eigenvalue weighted by Crippen LogP contribution is 2.29. The van der Waals surface area contributed by atoms with Gasteiger partial charge in [-0.3, -0.25) is 15.0 Å². The third kappa shape index (κ3) is 7.13. The fraction of sp³-hybridized carbons (Fsp3) is 0.280. The minimum atomic E-state index is -0.489. The Kier molecular flexibility index (Phi) is 7.77. The summed E-state index contributed by atoms with van der Waals surface area (Å²) in [7, 11) is 1.69. The van der Waals surface area contributed by atoms with Gasteiger partial charge in [-0.15, -0.1) is 0 Å². The van der Waals surface area contributed by atoms with E-state index < -0.39 is 11.8 Å². The van der Waals surface area contributed by atoms with Crippen molar-refractivity contribution in [2.24, 2.45) is 0 Å². The minimum Gasteiger partial charge on any atom is -0.491 e. The summed E-state index contributed by atoms with van der Waals surface area (Å²) < 4.78 is 16.7. The summed E-state index contributed by atoms with van der Waals surface area (Å²) in [5, 5.41) is 19.7. The predicted molar refractivity (Wildman–Crippen MR) is 134 cm³/mol. The van der Waals surface area contributed by atoms with Crippen LogP contribution < -0.4 is 25.4 Å².